The molecule has 0 amide bonds. The first-order valence-corrected chi connectivity index (χ1v) is 13.0. The number of sulfonamides is 1. The summed E-state index contributed by atoms with van der Waals surface area (Å²) in [4.78, 5) is 10.8. The third kappa shape index (κ3) is 5.62. The van der Waals surface area contributed by atoms with Gasteiger partial charge in [-0.3, -0.25) is 14.4 Å². The molecule has 0 saturated heterocycles. The van der Waals surface area contributed by atoms with E-state index in [1.165, 1.54) is 24.8 Å². The number of benzene rings is 2. The average molecular weight is 557 g/mol. The van der Waals surface area contributed by atoms with Gasteiger partial charge in [-0.25, -0.2) is 8.42 Å². The van der Waals surface area contributed by atoms with Crippen LogP contribution in [0.1, 0.15) is 18.1 Å². The third-order valence-electron chi connectivity index (χ3n) is 5.06. The largest absolute Gasteiger partial charge is 0.423 e. The highest BCUT2D eigenvalue weighted by Gasteiger charge is 2.42. The fourth-order valence-electron chi connectivity index (χ4n) is 3.28. The zero-order chi connectivity index (χ0) is 25.6. The van der Waals surface area contributed by atoms with Crippen LogP contribution in [-0.2, 0) is 16.2 Å². The van der Waals surface area contributed by atoms with Crippen LogP contribution in [0.4, 0.5) is 24.5 Å². The molecule has 1 heterocycles. The van der Waals surface area contributed by atoms with Crippen molar-refractivity contribution in [1.29, 1.82) is 0 Å². The van der Waals surface area contributed by atoms with Crippen LogP contribution in [0.5, 0.6) is 0 Å². The fourth-order valence-corrected chi connectivity index (χ4v) is 5.53. The van der Waals surface area contributed by atoms with Crippen LogP contribution < -0.4 is 4.31 Å². The Morgan fingerprint density at radius 1 is 1.21 bits per heavy atom. The lowest BCUT2D eigenvalue weighted by Crippen LogP contribution is -2.42. The Morgan fingerprint density at radius 3 is 2.38 bits per heavy atom. The molecule has 0 bridgehead atoms. The molecule has 1 N–H and O–H groups in total. The monoisotopic (exact) mass is 556 g/mol. The quantitative estimate of drug-likeness (QED) is 0.281. The first kappa shape index (κ1) is 26.6. The maximum Gasteiger partial charge on any atom is 0.423 e. The number of thioether (sulfide) groups is 1. The number of halogens is 5. The molecule has 184 valence electrons. The fraction of sp³-hybridized carbons (Fsp3) is 0.300. The second-order valence-corrected chi connectivity index (χ2v) is 11.5. The summed E-state index contributed by atoms with van der Waals surface area (Å²) in [6.07, 6.45) is -3.00. The van der Waals surface area contributed by atoms with E-state index >= 15 is 0 Å². The van der Waals surface area contributed by atoms with E-state index in [0.717, 1.165) is 6.26 Å². The summed E-state index contributed by atoms with van der Waals surface area (Å²) in [6.45, 7) is 0.975. The second-order valence-electron chi connectivity index (χ2n) is 7.76. The summed E-state index contributed by atoms with van der Waals surface area (Å²) in [5.74, 6) is 0.0203. The summed E-state index contributed by atoms with van der Waals surface area (Å²) in [5, 5.41) is 23.1. The average Bonchev–Trinajstić information content (AvgIpc) is 2.71. The predicted octanol–water partition coefficient (Wildman–Crippen LogP) is 5.63. The molecule has 2 aromatic carbocycles. The van der Waals surface area contributed by atoms with E-state index in [0.29, 0.717) is 31.4 Å². The van der Waals surface area contributed by atoms with E-state index < -0.39 is 44.5 Å². The standard InChI is InChI=1S/C20H17Cl2F3N2O5S2/c1-19(28,10-33-13-3-4-15(21)16(22)7-13)12-5-11-6-18(27(29)30)14(20(23,24)25)8-17(11)26(9-12)34(2,31)32/h3-8,28H,9-10H2,1-2H3. The number of alkyl halides is 3. The first-order chi connectivity index (χ1) is 15.5. The van der Waals surface area contributed by atoms with Crippen LogP contribution in [0, 0.1) is 10.1 Å². The van der Waals surface area contributed by atoms with E-state index in [2.05, 4.69) is 0 Å². The van der Waals surface area contributed by atoms with E-state index in [1.54, 1.807) is 18.2 Å². The van der Waals surface area contributed by atoms with Crippen LogP contribution in [0.3, 0.4) is 0 Å². The molecular weight excluding hydrogens is 540 g/mol. The summed E-state index contributed by atoms with van der Waals surface area (Å²) in [7, 11) is -4.10. The minimum atomic E-state index is -5.08. The number of nitro benzene ring substituents is 1. The van der Waals surface area contributed by atoms with Crippen molar-refractivity contribution in [3.8, 4) is 0 Å². The first-order valence-electron chi connectivity index (χ1n) is 9.39. The number of anilines is 1. The lowest BCUT2D eigenvalue weighted by molar-refractivity contribution is -0.388. The van der Waals surface area contributed by atoms with Crippen LogP contribution in [0.15, 0.2) is 40.8 Å². The molecule has 1 aliphatic heterocycles. The molecule has 0 fully saturated rings. The van der Waals surface area contributed by atoms with Crippen molar-refractivity contribution in [3.05, 3.63) is 67.2 Å². The maximum absolute atomic E-state index is 13.4. The van der Waals surface area contributed by atoms with Crippen molar-refractivity contribution in [2.75, 3.05) is 22.9 Å². The van der Waals surface area contributed by atoms with E-state index in [4.69, 9.17) is 23.2 Å². The van der Waals surface area contributed by atoms with E-state index in [1.807, 2.05) is 0 Å². The Kier molecular flexibility index (Phi) is 7.22. The molecule has 34 heavy (non-hydrogen) atoms. The number of nitrogens with zero attached hydrogens (tertiary/aromatic N) is 2. The molecule has 2 aromatic rings. The van der Waals surface area contributed by atoms with Gasteiger partial charge in [0.25, 0.3) is 5.69 Å². The van der Waals surface area contributed by atoms with Gasteiger partial charge < -0.3 is 5.11 Å². The molecule has 1 unspecified atom stereocenters. The Balaban J connectivity index is 2.07. The summed E-state index contributed by atoms with van der Waals surface area (Å²) in [5.41, 5.74) is -4.77. The zero-order valence-electron chi connectivity index (χ0n) is 17.6. The number of hydrogen-bond acceptors (Lipinski definition) is 6. The maximum atomic E-state index is 13.4. The number of fused-ring (bicyclic) bond motifs is 1. The second kappa shape index (κ2) is 9.23. The molecule has 0 aromatic heterocycles. The van der Waals surface area contributed by atoms with Gasteiger partial charge >= 0.3 is 6.18 Å². The smallest absolute Gasteiger partial charge is 0.385 e. The lowest BCUT2D eigenvalue weighted by Gasteiger charge is -2.35. The van der Waals surface area contributed by atoms with Gasteiger partial charge in [-0.2, -0.15) is 13.2 Å². The van der Waals surface area contributed by atoms with Crippen LogP contribution >= 0.6 is 35.0 Å². The Labute approximate surface area is 207 Å². The van der Waals surface area contributed by atoms with Crippen molar-refractivity contribution in [3.63, 3.8) is 0 Å². The van der Waals surface area contributed by atoms with Gasteiger partial charge in [-0.1, -0.05) is 23.2 Å². The summed E-state index contributed by atoms with van der Waals surface area (Å²) < 4.78 is 65.8. The van der Waals surface area contributed by atoms with Gasteiger partial charge in [0.2, 0.25) is 10.0 Å². The van der Waals surface area contributed by atoms with Crippen molar-refractivity contribution in [1.82, 2.24) is 0 Å². The number of rotatable bonds is 6. The van der Waals surface area contributed by atoms with E-state index in [-0.39, 0.29) is 22.6 Å². The molecule has 1 aliphatic rings. The lowest BCUT2D eigenvalue weighted by atomic mass is 9.91. The molecule has 3 rings (SSSR count). The predicted molar refractivity (Wildman–Crippen MR) is 126 cm³/mol. The molecular formula is C20H17Cl2F3N2O5S2. The molecule has 0 saturated carbocycles. The summed E-state index contributed by atoms with van der Waals surface area (Å²) in [6, 6.07) is 5.93. The number of aliphatic hydroxyl groups is 1. The highest BCUT2D eigenvalue weighted by molar-refractivity contribution is 7.99. The third-order valence-corrected chi connectivity index (χ3v) is 8.22. The topological polar surface area (TPSA) is 101 Å². The molecule has 14 heteroatoms. The van der Waals surface area contributed by atoms with Crippen molar-refractivity contribution < 1.29 is 31.6 Å². The molecule has 1 atom stereocenters. The highest BCUT2D eigenvalue weighted by Crippen LogP contribution is 2.44. The molecule has 0 spiro atoms. The number of nitro groups is 1. The zero-order valence-corrected chi connectivity index (χ0v) is 20.7. The van der Waals surface area contributed by atoms with Crippen molar-refractivity contribution in [2.24, 2.45) is 0 Å². The van der Waals surface area contributed by atoms with Crippen LogP contribution in [0.25, 0.3) is 6.08 Å². The Hall–Kier alpha value is -1.99. The SMILES string of the molecule is CC(O)(CSc1ccc(Cl)c(Cl)c1)C1=Cc2cc([N+](=O)[O-])c(C(F)(F)F)cc2N(S(C)(=O)=O)C1. The van der Waals surface area contributed by atoms with Gasteiger partial charge in [-0.05, 0) is 42.8 Å². The Bertz CT molecular complexity index is 1300. The molecule has 0 radical (unpaired) electrons. The minimum absolute atomic E-state index is 0.0203. The molecule has 0 aliphatic carbocycles. The molecule has 7 nitrogen and oxygen atoms in total. The van der Waals surface area contributed by atoms with E-state index in [9.17, 15) is 36.8 Å². The number of hydrogen-bond donors (Lipinski definition) is 1. The van der Waals surface area contributed by atoms with Crippen LogP contribution in [-0.4, -0.2) is 42.6 Å². The van der Waals surface area contributed by atoms with Gasteiger partial charge in [0.1, 0.15) is 5.56 Å². The minimum Gasteiger partial charge on any atom is -0.385 e. The summed E-state index contributed by atoms with van der Waals surface area (Å²) >= 11 is 13.1. The van der Waals surface area contributed by atoms with Crippen LogP contribution in [0.2, 0.25) is 10.0 Å². The van der Waals surface area contributed by atoms with Gasteiger partial charge in [-0.15, -0.1) is 11.8 Å². The highest BCUT2D eigenvalue weighted by atomic mass is 35.5. The van der Waals surface area contributed by atoms with Crippen molar-refractivity contribution >= 4 is 62.4 Å². The van der Waals surface area contributed by atoms with Gasteiger partial charge in [0, 0.05) is 22.3 Å². The van der Waals surface area contributed by atoms with Gasteiger partial charge in [0.15, 0.2) is 0 Å². The Morgan fingerprint density at radius 2 is 1.85 bits per heavy atom. The van der Waals surface area contributed by atoms with Gasteiger partial charge in [0.05, 0.1) is 39.1 Å². The van der Waals surface area contributed by atoms with Crippen molar-refractivity contribution in [2.45, 2.75) is 23.6 Å². The normalized spacial score (nSPS) is 16.0.